The summed E-state index contributed by atoms with van der Waals surface area (Å²) in [5.41, 5.74) is 0. The van der Waals surface area contributed by atoms with Gasteiger partial charge in [0.1, 0.15) is 0 Å². The second-order valence-corrected chi connectivity index (χ2v) is 8.33. The van der Waals surface area contributed by atoms with E-state index in [9.17, 15) is 0 Å². The zero-order chi connectivity index (χ0) is 19.3. The third kappa shape index (κ3) is 15.2. The van der Waals surface area contributed by atoms with Crippen LogP contribution in [0.1, 0.15) is 111 Å². The smallest absolute Gasteiger partial charge is 0.282 e. The lowest BCUT2D eigenvalue weighted by Crippen LogP contribution is -2.39. The molecule has 0 aromatic carbocycles. The van der Waals surface area contributed by atoms with Crippen molar-refractivity contribution in [1.29, 1.82) is 0 Å². The Morgan fingerprint density at radius 2 is 0.808 bits per heavy atom. The molecule has 0 aromatic heterocycles. The molecule has 158 valence electrons. The Balaban J connectivity index is 3.52. The molecule has 0 rings (SSSR count). The third-order valence-electron chi connectivity index (χ3n) is 4.93. The van der Waals surface area contributed by atoms with Crippen molar-refractivity contribution in [3.8, 4) is 0 Å². The molecule has 0 atom stereocenters. The summed E-state index contributed by atoms with van der Waals surface area (Å²) in [7, 11) is 1.39. The predicted molar refractivity (Wildman–Crippen MR) is 117 cm³/mol. The zero-order valence-corrected chi connectivity index (χ0v) is 20.5. The Morgan fingerprint density at radius 1 is 0.500 bits per heavy atom. The van der Waals surface area contributed by atoms with Gasteiger partial charge in [-0.3, -0.25) is 0 Å². The van der Waals surface area contributed by atoms with Gasteiger partial charge in [-0.2, -0.15) is 0 Å². The fraction of sp³-hybridized carbons (Fsp3) is 1.00. The van der Waals surface area contributed by atoms with Crippen molar-refractivity contribution in [3.63, 3.8) is 0 Å². The van der Waals surface area contributed by atoms with Gasteiger partial charge < -0.3 is 14.2 Å². The molecule has 26 heavy (non-hydrogen) atoms. The Labute approximate surface area is 167 Å². The van der Waals surface area contributed by atoms with E-state index in [2.05, 4.69) is 0 Å². The van der Waals surface area contributed by atoms with E-state index in [0.29, 0.717) is 19.8 Å². The van der Waals surface area contributed by atoms with Crippen LogP contribution in [0.15, 0.2) is 0 Å². The van der Waals surface area contributed by atoms with Gasteiger partial charge in [-0.05, 0) is 27.2 Å². The zero-order valence-electron chi connectivity index (χ0n) is 18.5. The largest absolute Gasteiger partial charge is 0.328 e. The summed E-state index contributed by atoms with van der Waals surface area (Å²) in [5, 5.41) is 0. The minimum absolute atomic E-state index is 0.625. The van der Waals surface area contributed by atoms with Crippen LogP contribution in [-0.4, -0.2) is 36.0 Å². The Morgan fingerprint density at radius 3 is 1.12 bits per heavy atom. The van der Waals surface area contributed by atoms with Gasteiger partial charge in [0.2, 0.25) is 0 Å². The summed E-state index contributed by atoms with van der Waals surface area (Å²) >= 11 is 0. The van der Waals surface area contributed by atoms with Crippen LogP contribution >= 0.6 is 0 Å². The minimum atomic E-state index is -0.808. The van der Waals surface area contributed by atoms with Crippen LogP contribution in [0.4, 0.5) is 0 Å². The quantitative estimate of drug-likeness (QED) is 0.137. The molecule has 0 heterocycles. The van der Waals surface area contributed by atoms with Crippen molar-refractivity contribution in [2.75, 3.05) is 19.8 Å². The molecule has 0 N–H and O–H groups in total. The molecule has 0 amide bonds. The van der Waals surface area contributed by atoms with Crippen molar-refractivity contribution >= 4 is 10.2 Å². The highest BCUT2D eigenvalue weighted by atomic mass is 28.1. The van der Waals surface area contributed by atoms with Crippen molar-refractivity contribution < 1.29 is 14.2 Å². The molecule has 0 saturated heterocycles. The SMILES string of the molecule is CCOC(CCCCCCCCCCCCCCC[SiH3])(OCC)OCC. The van der Waals surface area contributed by atoms with Gasteiger partial charge in [0, 0.05) is 36.5 Å². The van der Waals surface area contributed by atoms with Gasteiger partial charge in [0.05, 0.1) is 0 Å². The molecule has 0 fully saturated rings. The van der Waals surface area contributed by atoms with Crippen LogP contribution in [0.5, 0.6) is 0 Å². The van der Waals surface area contributed by atoms with Crippen LogP contribution in [0.2, 0.25) is 6.04 Å². The second kappa shape index (κ2) is 19.8. The number of ether oxygens (including phenoxy) is 3. The second-order valence-electron chi connectivity index (χ2n) is 7.33. The molecule has 0 unspecified atom stereocenters. The van der Waals surface area contributed by atoms with Crippen molar-refractivity contribution in [2.24, 2.45) is 0 Å². The molecule has 0 spiro atoms. The number of rotatable bonds is 21. The van der Waals surface area contributed by atoms with Crippen LogP contribution < -0.4 is 0 Å². The molecular weight excluding hydrogens is 340 g/mol. The van der Waals surface area contributed by atoms with Crippen LogP contribution in [-0.2, 0) is 14.2 Å². The molecule has 0 aliphatic heterocycles. The van der Waals surface area contributed by atoms with Gasteiger partial charge in [-0.25, -0.2) is 0 Å². The lowest BCUT2D eigenvalue weighted by atomic mass is 10.0. The van der Waals surface area contributed by atoms with E-state index in [1.54, 1.807) is 0 Å². The van der Waals surface area contributed by atoms with Crippen LogP contribution in [0, 0.1) is 0 Å². The first kappa shape index (κ1) is 26.1. The highest BCUT2D eigenvalue weighted by Gasteiger charge is 2.31. The van der Waals surface area contributed by atoms with E-state index in [1.165, 1.54) is 93.3 Å². The fourth-order valence-corrected chi connectivity index (χ4v) is 4.04. The number of hydrogen-bond donors (Lipinski definition) is 0. The van der Waals surface area contributed by atoms with E-state index in [4.69, 9.17) is 14.2 Å². The molecule has 0 radical (unpaired) electrons. The standard InChI is InChI=1S/C22H48O3Si/c1-4-23-22(24-5-2,25-6-3)20-18-16-14-12-10-8-7-9-11-13-15-17-19-21-26/h4-21H2,1-3,26H3. The molecule has 4 heteroatoms. The summed E-state index contributed by atoms with van der Waals surface area (Å²) in [6, 6.07) is 1.49. The van der Waals surface area contributed by atoms with Crippen molar-refractivity contribution in [2.45, 2.75) is 123 Å². The molecular formula is C22H48O3Si. The summed E-state index contributed by atoms with van der Waals surface area (Å²) in [6.45, 7) is 7.87. The van der Waals surface area contributed by atoms with Gasteiger partial charge in [-0.1, -0.05) is 83.1 Å². The summed E-state index contributed by atoms with van der Waals surface area (Å²) in [5.74, 6) is -0.808. The minimum Gasteiger partial charge on any atom is -0.328 e. The van der Waals surface area contributed by atoms with Crippen LogP contribution in [0.3, 0.4) is 0 Å². The highest BCUT2D eigenvalue weighted by molar-refractivity contribution is 6.08. The Hall–Kier alpha value is 0.0969. The van der Waals surface area contributed by atoms with E-state index in [1.807, 2.05) is 20.8 Å². The monoisotopic (exact) mass is 388 g/mol. The summed E-state index contributed by atoms with van der Waals surface area (Å²) in [4.78, 5) is 0. The summed E-state index contributed by atoms with van der Waals surface area (Å²) in [6.07, 6.45) is 18.9. The highest BCUT2D eigenvalue weighted by Crippen LogP contribution is 2.24. The van der Waals surface area contributed by atoms with Gasteiger partial charge >= 0.3 is 0 Å². The van der Waals surface area contributed by atoms with Crippen molar-refractivity contribution in [3.05, 3.63) is 0 Å². The van der Waals surface area contributed by atoms with Crippen molar-refractivity contribution in [1.82, 2.24) is 0 Å². The molecule has 0 saturated carbocycles. The molecule has 3 nitrogen and oxygen atoms in total. The normalized spacial score (nSPS) is 12.1. The number of hydrogen-bond acceptors (Lipinski definition) is 3. The lowest BCUT2D eigenvalue weighted by molar-refractivity contribution is -0.380. The third-order valence-corrected chi connectivity index (χ3v) is 5.64. The van der Waals surface area contributed by atoms with Gasteiger partial charge in [-0.15, -0.1) is 0 Å². The first-order valence-corrected chi connectivity index (χ1v) is 13.1. The first-order chi connectivity index (χ1) is 12.7. The van der Waals surface area contributed by atoms with E-state index >= 15 is 0 Å². The van der Waals surface area contributed by atoms with Gasteiger partial charge in [0.25, 0.3) is 5.97 Å². The van der Waals surface area contributed by atoms with Crippen LogP contribution in [0.25, 0.3) is 0 Å². The summed E-state index contributed by atoms with van der Waals surface area (Å²) < 4.78 is 17.3. The van der Waals surface area contributed by atoms with E-state index in [-0.39, 0.29) is 0 Å². The molecule has 0 bridgehead atoms. The lowest BCUT2D eigenvalue weighted by Gasteiger charge is -2.32. The maximum atomic E-state index is 5.78. The first-order valence-electron chi connectivity index (χ1n) is 11.7. The molecule has 0 aliphatic carbocycles. The topological polar surface area (TPSA) is 27.7 Å². The average molecular weight is 389 g/mol. The van der Waals surface area contributed by atoms with E-state index in [0.717, 1.165) is 12.8 Å². The maximum absolute atomic E-state index is 5.78. The molecule has 0 aliphatic rings. The number of unbranched alkanes of at least 4 members (excludes halogenated alkanes) is 12. The Kier molecular flexibility index (Phi) is 19.9. The predicted octanol–water partition coefficient (Wildman–Crippen LogP) is 5.99. The average Bonchev–Trinajstić information content (AvgIpc) is 2.63. The molecule has 0 aromatic rings. The van der Waals surface area contributed by atoms with E-state index < -0.39 is 5.97 Å². The van der Waals surface area contributed by atoms with Gasteiger partial charge in [0.15, 0.2) is 0 Å². The maximum Gasteiger partial charge on any atom is 0.282 e. The fourth-order valence-electron chi connectivity index (χ4n) is 3.54. The Bertz CT molecular complexity index is 257.